The zero-order valence-corrected chi connectivity index (χ0v) is 25.7. The molecule has 234 valence electrons. The van der Waals surface area contributed by atoms with E-state index in [2.05, 4.69) is 4.90 Å². The van der Waals surface area contributed by atoms with Gasteiger partial charge in [0, 0.05) is 63.1 Å². The number of amides is 1. The first-order valence-electron chi connectivity index (χ1n) is 15.2. The summed E-state index contributed by atoms with van der Waals surface area (Å²) in [6.07, 6.45) is 1.84. The van der Waals surface area contributed by atoms with Gasteiger partial charge in [-0.2, -0.15) is 0 Å². The van der Waals surface area contributed by atoms with Crippen LogP contribution in [0.5, 0.6) is 23.0 Å². The van der Waals surface area contributed by atoms with Crippen molar-refractivity contribution >= 4 is 17.5 Å². The van der Waals surface area contributed by atoms with Crippen molar-refractivity contribution in [2.24, 2.45) is 0 Å². The van der Waals surface area contributed by atoms with Crippen molar-refractivity contribution in [2.75, 3.05) is 46.4 Å². The molecule has 3 aromatic rings. The zero-order valence-electron chi connectivity index (χ0n) is 24.9. The molecule has 3 aliphatic rings. The number of hydrogen-bond acceptors (Lipinski definition) is 8. The quantitative estimate of drug-likeness (QED) is 0.344. The van der Waals surface area contributed by atoms with Crippen LogP contribution in [-0.2, 0) is 13.0 Å². The number of ether oxygens (including phenoxy) is 4. The van der Waals surface area contributed by atoms with Crippen LogP contribution in [0.4, 0.5) is 0 Å². The summed E-state index contributed by atoms with van der Waals surface area (Å²) in [4.78, 5) is 17.2. The molecule has 2 fully saturated rings. The van der Waals surface area contributed by atoms with Gasteiger partial charge in [-0.3, -0.25) is 4.79 Å². The van der Waals surface area contributed by atoms with Crippen LogP contribution >= 0.6 is 11.6 Å². The number of aliphatic hydroxyl groups excluding tert-OH is 2. The van der Waals surface area contributed by atoms with Crippen LogP contribution in [0.2, 0.25) is 5.02 Å². The molecule has 2 saturated heterocycles. The number of rotatable bonds is 10. The zero-order chi connectivity index (χ0) is 30.7. The molecule has 0 aliphatic carbocycles. The highest BCUT2D eigenvalue weighted by atomic mass is 35.5. The lowest BCUT2D eigenvalue weighted by molar-refractivity contribution is -0.00203. The van der Waals surface area contributed by atoms with Crippen molar-refractivity contribution in [1.82, 2.24) is 9.80 Å². The molecule has 6 rings (SSSR count). The second-order valence-corrected chi connectivity index (χ2v) is 12.4. The molecule has 0 radical (unpaired) electrons. The summed E-state index contributed by atoms with van der Waals surface area (Å²) in [6.45, 7) is 3.17. The average Bonchev–Trinajstić information content (AvgIpc) is 3.63. The third kappa shape index (κ3) is 7.07. The molecule has 0 bridgehead atoms. The number of carbonyl (C=O) groups excluding carboxylic acids is 1. The maximum atomic E-state index is 13.3. The maximum Gasteiger partial charge on any atom is 0.257 e. The van der Waals surface area contributed by atoms with E-state index in [1.807, 2.05) is 42.5 Å². The predicted octanol–water partition coefficient (Wildman–Crippen LogP) is 4.34. The lowest BCUT2D eigenvalue weighted by Gasteiger charge is -2.39. The van der Waals surface area contributed by atoms with Crippen molar-refractivity contribution in [3.63, 3.8) is 0 Å². The number of fused-ring (bicyclic) bond motifs is 1. The Labute approximate surface area is 262 Å². The minimum atomic E-state index is -0.759. The van der Waals surface area contributed by atoms with Crippen molar-refractivity contribution in [3.8, 4) is 23.0 Å². The van der Waals surface area contributed by atoms with E-state index in [-0.39, 0.29) is 24.7 Å². The maximum absolute atomic E-state index is 13.3. The van der Waals surface area contributed by atoms with Crippen LogP contribution in [0.1, 0.15) is 40.7 Å². The Morgan fingerprint density at radius 2 is 1.82 bits per heavy atom. The number of benzene rings is 3. The number of aliphatic hydroxyl groups is 2. The minimum Gasteiger partial charge on any atom is -0.497 e. The highest BCUT2D eigenvalue weighted by molar-refractivity contribution is 6.30. The standard InChI is InChI=1S/C34H39ClN2O7/c1-41-28-5-2-23(3-6-28)21-42-29-7-8-30(33(40)37-13-10-26(38)20-37)32(17-29)43-22-27(39)19-36-14-11-34(12-15-36)18-24-16-25(35)4-9-31(24)44-34/h2-9,16-17,26-27,38-39H,10-15,18-22H2,1H3/t26-,27+/m1/s1. The van der Waals surface area contributed by atoms with E-state index >= 15 is 0 Å². The molecule has 1 amide bonds. The van der Waals surface area contributed by atoms with Crippen LogP contribution in [-0.4, -0.2) is 90.2 Å². The number of carbonyl (C=O) groups is 1. The first-order chi connectivity index (χ1) is 21.3. The van der Waals surface area contributed by atoms with Crippen LogP contribution in [0, 0.1) is 0 Å². The fourth-order valence-corrected chi connectivity index (χ4v) is 6.43. The minimum absolute atomic E-state index is 0.0208. The van der Waals surface area contributed by atoms with E-state index in [9.17, 15) is 15.0 Å². The first kappa shape index (κ1) is 30.5. The van der Waals surface area contributed by atoms with E-state index in [4.69, 9.17) is 30.5 Å². The number of hydrogen-bond donors (Lipinski definition) is 2. The van der Waals surface area contributed by atoms with Gasteiger partial charge in [-0.1, -0.05) is 23.7 Å². The van der Waals surface area contributed by atoms with Crippen LogP contribution in [0.25, 0.3) is 0 Å². The smallest absolute Gasteiger partial charge is 0.257 e. The molecule has 0 aromatic heterocycles. The van der Waals surface area contributed by atoms with Crippen LogP contribution < -0.4 is 18.9 Å². The molecule has 9 nitrogen and oxygen atoms in total. The summed E-state index contributed by atoms with van der Waals surface area (Å²) >= 11 is 6.18. The highest BCUT2D eigenvalue weighted by Gasteiger charge is 2.42. The molecule has 3 aromatic carbocycles. The molecule has 0 saturated carbocycles. The van der Waals surface area contributed by atoms with Crippen LogP contribution in [0.3, 0.4) is 0 Å². The summed E-state index contributed by atoms with van der Waals surface area (Å²) in [6, 6.07) is 18.5. The second kappa shape index (κ2) is 13.2. The van der Waals surface area contributed by atoms with E-state index in [1.165, 1.54) is 0 Å². The number of methoxy groups -OCH3 is 1. The van der Waals surface area contributed by atoms with Gasteiger partial charge >= 0.3 is 0 Å². The van der Waals surface area contributed by atoms with Gasteiger partial charge in [0.15, 0.2) is 0 Å². The summed E-state index contributed by atoms with van der Waals surface area (Å²) in [5.41, 5.74) is 2.29. The van der Waals surface area contributed by atoms with Gasteiger partial charge in [0.05, 0.1) is 18.8 Å². The number of β-amino-alcohol motifs (C(OH)–C–C–N with tert-alkyl or cyclic N) is 2. The molecular weight excluding hydrogens is 584 g/mol. The van der Waals surface area contributed by atoms with Gasteiger partial charge in [-0.25, -0.2) is 0 Å². The number of likely N-dealkylation sites (tertiary alicyclic amines) is 2. The summed E-state index contributed by atoms with van der Waals surface area (Å²) in [5.74, 6) is 2.36. The molecule has 1 spiro atoms. The fraction of sp³-hybridized carbons (Fsp3) is 0.441. The van der Waals surface area contributed by atoms with E-state index < -0.39 is 12.2 Å². The number of piperidine rings is 1. The summed E-state index contributed by atoms with van der Waals surface area (Å²) < 4.78 is 23.7. The first-order valence-corrected chi connectivity index (χ1v) is 15.5. The van der Waals surface area contributed by atoms with Gasteiger partial charge in [-0.05, 0) is 60.0 Å². The lowest BCUT2D eigenvalue weighted by Crippen LogP contribution is -2.49. The molecule has 3 heterocycles. The monoisotopic (exact) mass is 622 g/mol. The van der Waals surface area contributed by atoms with Crippen molar-refractivity contribution in [1.29, 1.82) is 0 Å². The van der Waals surface area contributed by atoms with Gasteiger partial charge in [0.1, 0.15) is 47.9 Å². The van der Waals surface area contributed by atoms with Gasteiger partial charge in [0.2, 0.25) is 0 Å². The largest absolute Gasteiger partial charge is 0.497 e. The Bertz CT molecular complexity index is 1460. The normalized spacial score (nSPS) is 19.8. The highest BCUT2D eigenvalue weighted by Crippen LogP contribution is 2.42. The topological polar surface area (TPSA) is 101 Å². The Balaban J connectivity index is 1.06. The van der Waals surface area contributed by atoms with E-state index in [0.717, 1.165) is 60.0 Å². The predicted molar refractivity (Wildman–Crippen MR) is 166 cm³/mol. The fourth-order valence-electron chi connectivity index (χ4n) is 6.23. The number of halogens is 1. The summed E-state index contributed by atoms with van der Waals surface area (Å²) in [7, 11) is 1.62. The van der Waals surface area contributed by atoms with Gasteiger partial charge in [0.25, 0.3) is 5.91 Å². The molecule has 10 heteroatoms. The van der Waals surface area contributed by atoms with Crippen LogP contribution in [0.15, 0.2) is 60.7 Å². The molecule has 2 atom stereocenters. The van der Waals surface area contributed by atoms with E-state index in [0.29, 0.717) is 43.2 Å². The van der Waals surface area contributed by atoms with Crippen molar-refractivity contribution < 1.29 is 34.0 Å². The molecular formula is C34H39ClN2O7. The summed E-state index contributed by atoms with van der Waals surface area (Å²) in [5, 5.41) is 21.6. The molecule has 44 heavy (non-hydrogen) atoms. The SMILES string of the molecule is COc1ccc(COc2ccc(C(=O)N3CC[C@@H](O)C3)c(OC[C@@H](O)CN3CCC4(CC3)Cc3cc(Cl)ccc3O4)c2)cc1. The third-order valence-electron chi connectivity index (χ3n) is 8.73. The molecule has 3 aliphatic heterocycles. The third-order valence-corrected chi connectivity index (χ3v) is 8.96. The van der Waals surface area contributed by atoms with Gasteiger partial charge < -0.3 is 39.0 Å². The lowest BCUT2D eigenvalue weighted by atomic mass is 9.87. The second-order valence-electron chi connectivity index (χ2n) is 12.0. The molecule has 2 N–H and O–H groups in total. The van der Waals surface area contributed by atoms with Crippen molar-refractivity contribution in [2.45, 2.75) is 50.1 Å². The Morgan fingerprint density at radius 3 is 2.55 bits per heavy atom. The Morgan fingerprint density at radius 1 is 1.05 bits per heavy atom. The van der Waals surface area contributed by atoms with Crippen molar-refractivity contribution in [3.05, 3.63) is 82.4 Å². The van der Waals surface area contributed by atoms with Gasteiger partial charge in [-0.15, -0.1) is 0 Å². The molecule has 0 unspecified atom stereocenters. The number of nitrogens with zero attached hydrogens (tertiary/aromatic N) is 2. The Kier molecular flexibility index (Phi) is 9.18. The van der Waals surface area contributed by atoms with E-state index in [1.54, 1.807) is 30.2 Å². The Hall–Kier alpha value is -3.50. The average molecular weight is 623 g/mol.